The minimum atomic E-state index is -0.121. The molecular weight excluding hydrogens is 232 g/mol. The molecule has 0 aliphatic heterocycles. The molecule has 6 nitrogen and oxygen atoms in total. The van der Waals surface area contributed by atoms with Gasteiger partial charge in [0.25, 0.3) is 5.91 Å². The Labute approximate surface area is 104 Å². The van der Waals surface area contributed by atoms with Gasteiger partial charge in [-0.3, -0.25) is 14.7 Å². The van der Waals surface area contributed by atoms with Gasteiger partial charge in [-0.25, -0.2) is 0 Å². The van der Waals surface area contributed by atoms with E-state index in [9.17, 15) is 9.59 Å². The van der Waals surface area contributed by atoms with Crippen LogP contribution in [0.2, 0.25) is 0 Å². The van der Waals surface area contributed by atoms with Crippen LogP contribution in [0.1, 0.15) is 16.8 Å². The van der Waals surface area contributed by atoms with Gasteiger partial charge in [0.1, 0.15) is 0 Å². The molecule has 1 aromatic carbocycles. The normalized spacial score (nSPS) is 10.2. The summed E-state index contributed by atoms with van der Waals surface area (Å²) in [4.78, 5) is 21.8. The van der Waals surface area contributed by atoms with Gasteiger partial charge in [-0.1, -0.05) is 0 Å². The Morgan fingerprint density at radius 2 is 2.28 bits per heavy atom. The topological polar surface area (TPSA) is 86.9 Å². The van der Waals surface area contributed by atoms with Crippen LogP contribution in [0.25, 0.3) is 10.9 Å². The summed E-state index contributed by atoms with van der Waals surface area (Å²) in [7, 11) is 0. The van der Waals surface area contributed by atoms with Gasteiger partial charge in [0.05, 0.1) is 11.7 Å². The molecule has 0 unspecified atom stereocenters. The van der Waals surface area contributed by atoms with Crippen LogP contribution in [0.15, 0.2) is 24.4 Å². The number of rotatable bonds is 6. The summed E-state index contributed by atoms with van der Waals surface area (Å²) in [5, 5.41) is 13.0. The largest absolute Gasteiger partial charge is 0.359 e. The first-order valence-corrected chi connectivity index (χ1v) is 5.69. The summed E-state index contributed by atoms with van der Waals surface area (Å²) in [6, 6.07) is 5.36. The number of aromatic nitrogens is 2. The number of nitrogens with zero attached hydrogens (tertiary/aromatic N) is 1. The van der Waals surface area contributed by atoms with Crippen LogP contribution in [0.5, 0.6) is 0 Å². The molecule has 2 rings (SSSR count). The second-order valence-corrected chi connectivity index (χ2v) is 3.85. The SMILES string of the molecule is O=CNCCCNC(=O)c1ccc2[nH]ncc2c1. The predicted octanol–water partition coefficient (Wildman–Crippen LogP) is 0.429. The molecule has 0 saturated carbocycles. The molecule has 0 radical (unpaired) electrons. The number of hydrogen-bond acceptors (Lipinski definition) is 3. The molecule has 6 heteroatoms. The molecule has 1 aromatic heterocycles. The van der Waals surface area contributed by atoms with Crippen molar-refractivity contribution >= 4 is 23.2 Å². The average Bonchev–Trinajstić information content (AvgIpc) is 2.85. The first-order valence-electron chi connectivity index (χ1n) is 5.69. The minimum Gasteiger partial charge on any atom is -0.359 e. The average molecular weight is 246 g/mol. The van der Waals surface area contributed by atoms with Gasteiger partial charge >= 0.3 is 0 Å². The second-order valence-electron chi connectivity index (χ2n) is 3.85. The molecule has 18 heavy (non-hydrogen) atoms. The highest BCUT2D eigenvalue weighted by Crippen LogP contribution is 2.12. The van der Waals surface area contributed by atoms with E-state index >= 15 is 0 Å². The molecule has 94 valence electrons. The summed E-state index contributed by atoms with van der Waals surface area (Å²) in [5.74, 6) is -0.121. The highest BCUT2D eigenvalue weighted by molar-refractivity contribution is 5.97. The van der Waals surface area contributed by atoms with E-state index in [1.165, 1.54) is 0 Å². The van der Waals surface area contributed by atoms with Gasteiger partial charge in [0.2, 0.25) is 6.41 Å². The smallest absolute Gasteiger partial charge is 0.251 e. The summed E-state index contributed by atoms with van der Waals surface area (Å²) < 4.78 is 0. The lowest BCUT2D eigenvalue weighted by Gasteiger charge is -2.04. The Balaban J connectivity index is 1.89. The molecule has 2 amide bonds. The Kier molecular flexibility index (Phi) is 3.90. The number of fused-ring (bicyclic) bond motifs is 1. The lowest BCUT2D eigenvalue weighted by atomic mass is 10.1. The Bertz CT molecular complexity index is 550. The van der Waals surface area contributed by atoms with Crippen molar-refractivity contribution in [3.63, 3.8) is 0 Å². The highest BCUT2D eigenvalue weighted by Gasteiger charge is 2.06. The zero-order valence-electron chi connectivity index (χ0n) is 9.77. The first-order chi connectivity index (χ1) is 8.81. The predicted molar refractivity (Wildman–Crippen MR) is 67.1 cm³/mol. The van der Waals surface area contributed by atoms with Crippen molar-refractivity contribution in [3.8, 4) is 0 Å². The van der Waals surface area contributed by atoms with E-state index in [0.717, 1.165) is 10.9 Å². The third kappa shape index (κ3) is 2.85. The van der Waals surface area contributed by atoms with Crippen LogP contribution < -0.4 is 10.6 Å². The zero-order valence-corrected chi connectivity index (χ0v) is 9.77. The molecule has 0 spiro atoms. The molecule has 2 aromatic rings. The maximum atomic E-state index is 11.8. The van der Waals surface area contributed by atoms with E-state index < -0.39 is 0 Å². The highest BCUT2D eigenvalue weighted by atomic mass is 16.1. The van der Waals surface area contributed by atoms with E-state index in [1.54, 1.807) is 18.3 Å². The van der Waals surface area contributed by atoms with E-state index in [2.05, 4.69) is 20.8 Å². The fourth-order valence-corrected chi connectivity index (χ4v) is 1.64. The quantitative estimate of drug-likeness (QED) is 0.510. The maximum Gasteiger partial charge on any atom is 0.251 e. The third-order valence-electron chi connectivity index (χ3n) is 2.57. The Morgan fingerprint density at radius 3 is 3.11 bits per heavy atom. The van der Waals surface area contributed by atoms with E-state index in [0.29, 0.717) is 31.5 Å². The molecule has 0 aliphatic rings. The summed E-state index contributed by atoms with van der Waals surface area (Å²) in [6.07, 6.45) is 3.03. The van der Waals surface area contributed by atoms with Crippen molar-refractivity contribution in [1.82, 2.24) is 20.8 Å². The zero-order chi connectivity index (χ0) is 12.8. The van der Waals surface area contributed by atoms with Crippen LogP contribution in [-0.2, 0) is 4.79 Å². The van der Waals surface area contributed by atoms with Gasteiger partial charge in [0.15, 0.2) is 0 Å². The lowest BCUT2D eigenvalue weighted by Crippen LogP contribution is -2.26. The number of hydrogen-bond donors (Lipinski definition) is 3. The van der Waals surface area contributed by atoms with Gasteiger partial charge in [-0.2, -0.15) is 5.10 Å². The fourth-order valence-electron chi connectivity index (χ4n) is 1.64. The number of carbonyl (C=O) groups is 2. The second kappa shape index (κ2) is 5.81. The van der Waals surface area contributed by atoms with Gasteiger partial charge in [-0.05, 0) is 24.6 Å². The van der Waals surface area contributed by atoms with Crippen LogP contribution in [0, 0.1) is 0 Å². The van der Waals surface area contributed by atoms with Crippen LogP contribution in [0.3, 0.4) is 0 Å². The maximum absolute atomic E-state index is 11.8. The summed E-state index contributed by atoms with van der Waals surface area (Å²) >= 11 is 0. The van der Waals surface area contributed by atoms with Crippen molar-refractivity contribution in [2.24, 2.45) is 0 Å². The molecule has 1 heterocycles. The van der Waals surface area contributed by atoms with Gasteiger partial charge in [-0.15, -0.1) is 0 Å². The van der Waals surface area contributed by atoms with E-state index in [-0.39, 0.29) is 5.91 Å². The van der Waals surface area contributed by atoms with E-state index in [1.807, 2.05) is 6.07 Å². The van der Waals surface area contributed by atoms with Crippen molar-refractivity contribution in [1.29, 1.82) is 0 Å². The molecule has 0 aliphatic carbocycles. The van der Waals surface area contributed by atoms with Crippen LogP contribution in [-0.4, -0.2) is 35.6 Å². The number of H-pyrrole nitrogens is 1. The molecular formula is C12H14N4O2. The minimum absolute atomic E-state index is 0.121. The third-order valence-corrected chi connectivity index (χ3v) is 2.57. The van der Waals surface area contributed by atoms with Crippen molar-refractivity contribution in [2.75, 3.05) is 13.1 Å². The van der Waals surface area contributed by atoms with Crippen molar-refractivity contribution in [2.45, 2.75) is 6.42 Å². The molecule has 0 fully saturated rings. The van der Waals surface area contributed by atoms with Crippen molar-refractivity contribution in [3.05, 3.63) is 30.0 Å². The summed E-state index contributed by atoms with van der Waals surface area (Å²) in [5.41, 5.74) is 1.51. The van der Waals surface area contributed by atoms with Crippen LogP contribution >= 0.6 is 0 Å². The van der Waals surface area contributed by atoms with Crippen molar-refractivity contribution < 1.29 is 9.59 Å². The lowest BCUT2D eigenvalue weighted by molar-refractivity contribution is -0.109. The van der Waals surface area contributed by atoms with E-state index in [4.69, 9.17) is 0 Å². The molecule has 0 saturated heterocycles. The summed E-state index contributed by atoms with van der Waals surface area (Å²) in [6.45, 7) is 1.09. The Morgan fingerprint density at radius 1 is 1.39 bits per heavy atom. The number of carbonyl (C=O) groups excluding carboxylic acids is 2. The number of amides is 2. The molecule has 0 atom stereocenters. The number of nitrogens with one attached hydrogen (secondary N) is 3. The molecule has 0 bridgehead atoms. The Hall–Kier alpha value is -2.37. The van der Waals surface area contributed by atoms with Crippen LogP contribution in [0.4, 0.5) is 0 Å². The van der Waals surface area contributed by atoms with Gasteiger partial charge < -0.3 is 10.6 Å². The first kappa shape index (κ1) is 12.1. The fraction of sp³-hybridized carbons (Fsp3) is 0.250. The monoisotopic (exact) mass is 246 g/mol. The number of aromatic amines is 1. The van der Waals surface area contributed by atoms with Gasteiger partial charge in [0, 0.05) is 24.0 Å². The standard InChI is InChI=1S/C12H14N4O2/c17-8-13-4-1-5-14-12(18)9-2-3-11-10(6-9)7-15-16-11/h2-3,6-8H,1,4-5H2,(H,13,17)(H,14,18)(H,15,16). The number of benzene rings is 1. The molecule has 3 N–H and O–H groups in total.